The molecular weight excluding hydrogens is 298 g/mol. The van der Waals surface area contributed by atoms with Crippen LogP contribution in [0.25, 0.3) is 0 Å². The number of aryl methyl sites for hydroxylation is 1. The molecule has 1 aromatic carbocycles. The summed E-state index contributed by atoms with van der Waals surface area (Å²) in [7, 11) is 0. The number of carbonyl (C=O) groups is 2. The van der Waals surface area contributed by atoms with Crippen molar-refractivity contribution in [2.45, 2.75) is 24.1 Å². The number of halogens is 1. The van der Waals surface area contributed by atoms with Crippen LogP contribution in [-0.4, -0.2) is 28.4 Å². The molecule has 1 saturated heterocycles. The third-order valence-electron chi connectivity index (χ3n) is 2.95. The first kappa shape index (κ1) is 13.1. The van der Waals surface area contributed by atoms with Crippen molar-refractivity contribution in [2.75, 3.05) is 11.4 Å². The number of alkyl halides is 1. The fourth-order valence-corrected chi connectivity index (χ4v) is 2.57. The second-order valence-electron chi connectivity index (χ2n) is 4.37. The highest BCUT2D eigenvalue weighted by Crippen LogP contribution is 2.25. The quantitative estimate of drug-likeness (QED) is 0.867. The molecule has 2 rings (SSSR count). The lowest BCUT2D eigenvalue weighted by molar-refractivity contribution is -0.137. The molecule has 0 saturated carbocycles. The molecule has 0 spiro atoms. The monoisotopic (exact) mass is 311 g/mol. The zero-order valence-corrected chi connectivity index (χ0v) is 11.4. The van der Waals surface area contributed by atoms with Gasteiger partial charge in [0.2, 0.25) is 5.91 Å². The number of hydrogen-bond acceptors (Lipinski definition) is 2. The van der Waals surface area contributed by atoms with Crippen molar-refractivity contribution in [1.29, 1.82) is 0 Å². The standard InChI is InChI=1S/C13H14BrNO3/c14-10-7-12(16)15(8-10)11-4-1-9(2-5-11)3-6-13(17)18/h1-2,4-5,10H,3,6-8H2,(H,17,18). The van der Waals surface area contributed by atoms with Crippen molar-refractivity contribution < 1.29 is 14.7 Å². The van der Waals surface area contributed by atoms with E-state index in [2.05, 4.69) is 15.9 Å². The normalized spacial score (nSPS) is 19.3. The summed E-state index contributed by atoms with van der Waals surface area (Å²) >= 11 is 3.44. The van der Waals surface area contributed by atoms with Crippen LogP contribution in [0.1, 0.15) is 18.4 Å². The lowest BCUT2D eigenvalue weighted by atomic mass is 10.1. The van der Waals surface area contributed by atoms with Crippen LogP contribution in [0.2, 0.25) is 0 Å². The van der Waals surface area contributed by atoms with E-state index in [0.29, 0.717) is 19.4 Å². The van der Waals surface area contributed by atoms with Gasteiger partial charge in [0.05, 0.1) is 0 Å². The number of rotatable bonds is 4. The van der Waals surface area contributed by atoms with Crippen LogP contribution in [0.3, 0.4) is 0 Å². The van der Waals surface area contributed by atoms with Crippen LogP contribution < -0.4 is 4.90 Å². The Morgan fingerprint density at radius 1 is 1.39 bits per heavy atom. The molecular formula is C13H14BrNO3. The first-order chi connectivity index (χ1) is 8.56. The molecule has 1 aromatic rings. The zero-order valence-electron chi connectivity index (χ0n) is 9.80. The topological polar surface area (TPSA) is 57.6 Å². The predicted octanol–water partition coefficient (Wildman–Crippen LogP) is 2.20. The third kappa shape index (κ3) is 3.10. The minimum atomic E-state index is -0.795. The van der Waals surface area contributed by atoms with E-state index in [9.17, 15) is 9.59 Å². The van der Waals surface area contributed by atoms with Crippen molar-refractivity contribution in [3.05, 3.63) is 29.8 Å². The fourth-order valence-electron chi connectivity index (χ4n) is 2.01. The maximum absolute atomic E-state index is 11.7. The Morgan fingerprint density at radius 2 is 2.06 bits per heavy atom. The predicted molar refractivity (Wildman–Crippen MR) is 72.1 cm³/mol. The molecule has 1 unspecified atom stereocenters. The van der Waals surface area contributed by atoms with Crippen molar-refractivity contribution >= 4 is 33.5 Å². The van der Waals surface area contributed by atoms with Crippen LogP contribution in [-0.2, 0) is 16.0 Å². The van der Waals surface area contributed by atoms with E-state index in [1.165, 1.54) is 0 Å². The SMILES string of the molecule is O=C(O)CCc1ccc(N2CC(Br)CC2=O)cc1. The summed E-state index contributed by atoms with van der Waals surface area (Å²) in [6.07, 6.45) is 1.18. The number of carboxylic acid groups (broad SMARTS) is 1. The van der Waals surface area contributed by atoms with Gasteiger partial charge in [-0.1, -0.05) is 28.1 Å². The van der Waals surface area contributed by atoms with Gasteiger partial charge in [0.15, 0.2) is 0 Å². The van der Waals surface area contributed by atoms with Gasteiger partial charge < -0.3 is 10.0 Å². The van der Waals surface area contributed by atoms with E-state index in [4.69, 9.17) is 5.11 Å². The molecule has 1 aliphatic heterocycles. The average molecular weight is 312 g/mol. The Labute approximate surface area is 114 Å². The average Bonchev–Trinajstić information content (AvgIpc) is 2.66. The summed E-state index contributed by atoms with van der Waals surface area (Å²) in [6.45, 7) is 0.688. The zero-order chi connectivity index (χ0) is 13.1. The van der Waals surface area contributed by atoms with Gasteiger partial charge in [0, 0.05) is 29.9 Å². The molecule has 5 heteroatoms. The fraction of sp³-hybridized carbons (Fsp3) is 0.385. The largest absolute Gasteiger partial charge is 0.481 e. The molecule has 1 aliphatic rings. The molecule has 1 amide bonds. The van der Waals surface area contributed by atoms with Crippen molar-refractivity contribution in [2.24, 2.45) is 0 Å². The number of nitrogens with zero attached hydrogens (tertiary/aromatic N) is 1. The lowest BCUT2D eigenvalue weighted by Crippen LogP contribution is -2.24. The van der Waals surface area contributed by atoms with Gasteiger partial charge in [-0.25, -0.2) is 0 Å². The van der Waals surface area contributed by atoms with E-state index >= 15 is 0 Å². The molecule has 96 valence electrons. The second-order valence-corrected chi connectivity index (χ2v) is 5.66. The summed E-state index contributed by atoms with van der Waals surface area (Å²) in [5, 5.41) is 8.61. The summed E-state index contributed by atoms with van der Waals surface area (Å²) in [5.41, 5.74) is 1.85. The smallest absolute Gasteiger partial charge is 0.303 e. The molecule has 4 nitrogen and oxygen atoms in total. The molecule has 0 aliphatic carbocycles. The van der Waals surface area contributed by atoms with Crippen LogP contribution >= 0.6 is 15.9 Å². The maximum Gasteiger partial charge on any atom is 0.303 e. The van der Waals surface area contributed by atoms with Crippen LogP contribution in [0.5, 0.6) is 0 Å². The number of carbonyl (C=O) groups excluding carboxylic acids is 1. The van der Waals surface area contributed by atoms with Gasteiger partial charge in [-0.3, -0.25) is 9.59 Å². The van der Waals surface area contributed by atoms with Gasteiger partial charge in [-0.2, -0.15) is 0 Å². The highest BCUT2D eigenvalue weighted by molar-refractivity contribution is 9.09. The number of hydrogen-bond donors (Lipinski definition) is 1. The summed E-state index contributed by atoms with van der Waals surface area (Å²) < 4.78 is 0. The van der Waals surface area contributed by atoms with Crippen molar-refractivity contribution in [1.82, 2.24) is 0 Å². The summed E-state index contributed by atoms with van der Waals surface area (Å²) in [6, 6.07) is 7.51. The van der Waals surface area contributed by atoms with Crippen molar-refractivity contribution in [3.8, 4) is 0 Å². The van der Waals surface area contributed by atoms with Gasteiger partial charge in [-0.05, 0) is 24.1 Å². The Bertz CT molecular complexity index is 458. The second kappa shape index (κ2) is 5.52. The Balaban J connectivity index is 2.03. The number of aliphatic carboxylic acids is 1. The molecule has 0 radical (unpaired) electrons. The number of amides is 1. The van der Waals surface area contributed by atoms with Gasteiger partial charge in [-0.15, -0.1) is 0 Å². The molecule has 1 N–H and O–H groups in total. The minimum Gasteiger partial charge on any atom is -0.481 e. The number of benzene rings is 1. The highest BCUT2D eigenvalue weighted by Gasteiger charge is 2.28. The highest BCUT2D eigenvalue weighted by atomic mass is 79.9. The summed E-state index contributed by atoms with van der Waals surface area (Å²) in [5.74, 6) is -0.675. The number of carboxylic acids is 1. The molecule has 0 aromatic heterocycles. The van der Waals surface area contributed by atoms with E-state index < -0.39 is 5.97 Å². The lowest BCUT2D eigenvalue weighted by Gasteiger charge is -2.16. The molecule has 0 bridgehead atoms. The van der Waals surface area contributed by atoms with E-state index in [0.717, 1.165) is 11.3 Å². The molecule has 18 heavy (non-hydrogen) atoms. The first-order valence-electron chi connectivity index (χ1n) is 5.81. The Morgan fingerprint density at radius 3 is 2.56 bits per heavy atom. The van der Waals surface area contributed by atoms with Crippen LogP contribution in [0.4, 0.5) is 5.69 Å². The molecule has 1 fully saturated rings. The Kier molecular flexibility index (Phi) is 4.01. The third-order valence-corrected chi connectivity index (χ3v) is 3.57. The van der Waals surface area contributed by atoms with Gasteiger partial charge in [0.25, 0.3) is 0 Å². The van der Waals surface area contributed by atoms with E-state index in [1.807, 2.05) is 24.3 Å². The number of anilines is 1. The van der Waals surface area contributed by atoms with Crippen LogP contribution in [0.15, 0.2) is 24.3 Å². The summed E-state index contributed by atoms with van der Waals surface area (Å²) in [4.78, 5) is 24.1. The Hall–Kier alpha value is -1.36. The first-order valence-corrected chi connectivity index (χ1v) is 6.73. The van der Waals surface area contributed by atoms with Crippen LogP contribution in [0, 0.1) is 0 Å². The molecule has 1 atom stereocenters. The minimum absolute atomic E-state index is 0.121. The molecule has 1 heterocycles. The van der Waals surface area contributed by atoms with E-state index in [1.54, 1.807) is 4.90 Å². The van der Waals surface area contributed by atoms with Gasteiger partial charge in [0.1, 0.15) is 0 Å². The van der Waals surface area contributed by atoms with E-state index in [-0.39, 0.29) is 17.2 Å². The maximum atomic E-state index is 11.7. The van der Waals surface area contributed by atoms with Gasteiger partial charge >= 0.3 is 5.97 Å². The van der Waals surface area contributed by atoms with Crippen molar-refractivity contribution in [3.63, 3.8) is 0 Å².